The molecule has 25 heavy (non-hydrogen) atoms. The molecule has 5 nitrogen and oxygen atoms in total. The largest absolute Gasteiger partial charge is 0.497 e. The minimum Gasteiger partial charge on any atom is -0.497 e. The zero-order chi connectivity index (χ0) is 18.0. The SMILES string of the molecule is COc1ccc(N2CC[C@H](N(C)C)C2)c(CCC2SC(=O)CC2=O)c1. The second-order valence-corrected chi connectivity index (χ2v) is 8.27. The molecular weight excluding hydrogens is 336 g/mol. The Hall–Kier alpha value is -1.53. The van der Waals surface area contributed by atoms with Gasteiger partial charge in [-0.3, -0.25) is 9.59 Å². The molecule has 136 valence electrons. The van der Waals surface area contributed by atoms with Crippen LogP contribution in [0.1, 0.15) is 24.8 Å². The van der Waals surface area contributed by atoms with Crippen molar-refractivity contribution >= 4 is 28.3 Å². The molecule has 0 saturated carbocycles. The van der Waals surface area contributed by atoms with E-state index >= 15 is 0 Å². The van der Waals surface area contributed by atoms with Gasteiger partial charge in [0.1, 0.15) is 5.75 Å². The highest BCUT2D eigenvalue weighted by Crippen LogP contribution is 2.33. The summed E-state index contributed by atoms with van der Waals surface area (Å²) in [5.74, 6) is 0.914. The lowest BCUT2D eigenvalue weighted by Gasteiger charge is -2.24. The van der Waals surface area contributed by atoms with E-state index in [0.717, 1.165) is 31.7 Å². The number of methoxy groups -OCH3 is 1. The van der Waals surface area contributed by atoms with Crippen LogP contribution in [0.2, 0.25) is 0 Å². The van der Waals surface area contributed by atoms with Gasteiger partial charge in [0.25, 0.3) is 0 Å². The average molecular weight is 362 g/mol. The fraction of sp³-hybridized carbons (Fsp3) is 0.579. The van der Waals surface area contributed by atoms with Crippen LogP contribution in [0.4, 0.5) is 5.69 Å². The van der Waals surface area contributed by atoms with Gasteiger partial charge in [-0.1, -0.05) is 11.8 Å². The molecule has 3 rings (SSSR count). The van der Waals surface area contributed by atoms with Gasteiger partial charge in [0, 0.05) is 24.8 Å². The molecule has 0 spiro atoms. The van der Waals surface area contributed by atoms with E-state index in [1.54, 1.807) is 7.11 Å². The van der Waals surface area contributed by atoms with Crippen molar-refractivity contribution in [3.8, 4) is 5.75 Å². The van der Waals surface area contributed by atoms with Crippen LogP contribution in [-0.4, -0.2) is 61.4 Å². The molecule has 2 aliphatic rings. The summed E-state index contributed by atoms with van der Waals surface area (Å²) in [6, 6.07) is 6.77. The first kappa shape index (κ1) is 18.3. The number of benzene rings is 1. The zero-order valence-electron chi connectivity index (χ0n) is 15.2. The van der Waals surface area contributed by atoms with Gasteiger partial charge in [0.05, 0.1) is 18.8 Å². The monoisotopic (exact) mass is 362 g/mol. The van der Waals surface area contributed by atoms with E-state index in [4.69, 9.17) is 4.74 Å². The van der Waals surface area contributed by atoms with Crippen molar-refractivity contribution in [3.05, 3.63) is 23.8 Å². The van der Waals surface area contributed by atoms with Crippen molar-refractivity contribution in [2.75, 3.05) is 39.2 Å². The van der Waals surface area contributed by atoms with Gasteiger partial charge in [0.15, 0.2) is 10.9 Å². The predicted octanol–water partition coefficient (Wildman–Crippen LogP) is 2.37. The van der Waals surface area contributed by atoms with Crippen LogP contribution in [0.25, 0.3) is 0 Å². The molecule has 1 aromatic rings. The summed E-state index contributed by atoms with van der Waals surface area (Å²) in [6.45, 7) is 2.06. The minimum atomic E-state index is -0.181. The highest BCUT2D eigenvalue weighted by atomic mass is 32.2. The molecule has 1 aromatic carbocycles. The van der Waals surface area contributed by atoms with Crippen molar-refractivity contribution in [1.29, 1.82) is 0 Å². The number of likely N-dealkylation sites (N-methyl/N-ethyl adjacent to an activating group) is 1. The lowest BCUT2D eigenvalue weighted by molar-refractivity contribution is -0.121. The number of Topliss-reactive ketones (excluding diaryl/α,β-unsaturated/α-hetero) is 1. The van der Waals surface area contributed by atoms with Gasteiger partial charge >= 0.3 is 0 Å². The number of thioether (sulfide) groups is 1. The van der Waals surface area contributed by atoms with Gasteiger partial charge in [0.2, 0.25) is 0 Å². The molecule has 2 heterocycles. The summed E-state index contributed by atoms with van der Waals surface area (Å²) < 4.78 is 5.39. The topological polar surface area (TPSA) is 49.9 Å². The number of ketones is 1. The van der Waals surface area contributed by atoms with E-state index < -0.39 is 0 Å². The van der Waals surface area contributed by atoms with Gasteiger partial charge in [-0.2, -0.15) is 0 Å². The number of carbonyl (C=O) groups excluding carboxylic acids is 2. The fourth-order valence-electron chi connectivity index (χ4n) is 3.61. The van der Waals surface area contributed by atoms with Gasteiger partial charge in [-0.15, -0.1) is 0 Å². The van der Waals surface area contributed by atoms with E-state index in [2.05, 4.69) is 36.0 Å². The third-order valence-corrected chi connectivity index (χ3v) is 6.34. The molecule has 2 aliphatic heterocycles. The Morgan fingerprint density at radius 1 is 1.32 bits per heavy atom. The molecule has 0 radical (unpaired) electrons. The smallest absolute Gasteiger partial charge is 0.197 e. The first-order valence-electron chi connectivity index (χ1n) is 8.78. The lowest BCUT2D eigenvalue weighted by Crippen LogP contribution is -2.31. The maximum atomic E-state index is 11.9. The van der Waals surface area contributed by atoms with Gasteiger partial charge in [-0.05, 0) is 57.1 Å². The summed E-state index contributed by atoms with van der Waals surface area (Å²) in [4.78, 5) is 28.1. The first-order valence-corrected chi connectivity index (χ1v) is 9.66. The third kappa shape index (κ3) is 4.18. The lowest BCUT2D eigenvalue weighted by atomic mass is 10.0. The van der Waals surface area contributed by atoms with Crippen LogP contribution in [0.3, 0.4) is 0 Å². The van der Waals surface area contributed by atoms with E-state index in [-0.39, 0.29) is 22.6 Å². The molecule has 1 unspecified atom stereocenters. The highest BCUT2D eigenvalue weighted by molar-refractivity contribution is 8.15. The first-order chi connectivity index (χ1) is 12.0. The summed E-state index contributed by atoms with van der Waals surface area (Å²) >= 11 is 1.21. The molecule has 0 aliphatic carbocycles. The van der Waals surface area contributed by atoms with E-state index in [9.17, 15) is 9.59 Å². The molecular formula is C19H26N2O3S. The van der Waals surface area contributed by atoms with E-state index in [0.29, 0.717) is 12.5 Å². The molecule has 0 aromatic heterocycles. The van der Waals surface area contributed by atoms with Crippen LogP contribution in [-0.2, 0) is 16.0 Å². The van der Waals surface area contributed by atoms with Crippen molar-refractivity contribution in [2.24, 2.45) is 0 Å². The minimum absolute atomic E-state index is 0.00855. The van der Waals surface area contributed by atoms with Crippen LogP contribution in [0, 0.1) is 0 Å². The molecule has 0 bridgehead atoms. The van der Waals surface area contributed by atoms with Crippen molar-refractivity contribution < 1.29 is 14.3 Å². The number of anilines is 1. The molecule has 2 saturated heterocycles. The molecule has 0 amide bonds. The van der Waals surface area contributed by atoms with Crippen molar-refractivity contribution in [3.63, 3.8) is 0 Å². The molecule has 2 atom stereocenters. The number of hydrogen-bond acceptors (Lipinski definition) is 6. The molecule has 6 heteroatoms. The Morgan fingerprint density at radius 2 is 2.12 bits per heavy atom. The summed E-state index contributed by atoms with van der Waals surface area (Å²) in [7, 11) is 5.93. The number of nitrogens with zero attached hydrogens (tertiary/aromatic N) is 2. The standard InChI is InChI=1S/C19H26N2O3S/c1-20(2)14-8-9-21(12-14)16-6-5-15(24-3)10-13(16)4-7-18-17(22)11-19(23)25-18/h5-6,10,14,18H,4,7-9,11-12H2,1-3H3/t14-,18?/m0/s1. The Morgan fingerprint density at radius 3 is 2.72 bits per heavy atom. The average Bonchev–Trinajstić information content (AvgIpc) is 3.19. The van der Waals surface area contributed by atoms with Crippen molar-refractivity contribution in [1.82, 2.24) is 4.90 Å². The van der Waals surface area contributed by atoms with Crippen LogP contribution >= 0.6 is 11.8 Å². The third-order valence-electron chi connectivity index (χ3n) is 5.15. The second-order valence-electron chi connectivity index (χ2n) is 7.01. The van der Waals surface area contributed by atoms with E-state index in [1.807, 2.05) is 6.07 Å². The van der Waals surface area contributed by atoms with Crippen LogP contribution < -0.4 is 9.64 Å². The normalized spacial score (nSPS) is 23.8. The fourth-order valence-corrected chi connectivity index (χ4v) is 4.60. The quantitative estimate of drug-likeness (QED) is 0.724. The van der Waals surface area contributed by atoms with E-state index in [1.165, 1.54) is 23.0 Å². The number of hydrogen-bond donors (Lipinski definition) is 0. The second kappa shape index (κ2) is 7.79. The van der Waals surface area contributed by atoms with Gasteiger partial charge in [-0.25, -0.2) is 0 Å². The summed E-state index contributed by atoms with van der Waals surface area (Å²) in [5, 5.41) is -0.172. The summed E-state index contributed by atoms with van der Waals surface area (Å²) in [6.07, 6.45) is 2.74. The Bertz CT molecular complexity index is 662. The maximum Gasteiger partial charge on any atom is 0.197 e. The number of rotatable bonds is 6. The van der Waals surface area contributed by atoms with Crippen molar-refractivity contribution in [2.45, 2.75) is 37.0 Å². The molecule has 0 N–H and O–H groups in total. The summed E-state index contributed by atoms with van der Waals surface area (Å²) in [5.41, 5.74) is 2.43. The predicted molar refractivity (Wildman–Crippen MR) is 102 cm³/mol. The van der Waals surface area contributed by atoms with Crippen LogP contribution in [0.5, 0.6) is 5.75 Å². The van der Waals surface area contributed by atoms with Crippen LogP contribution in [0.15, 0.2) is 18.2 Å². The number of aryl methyl sites for hydroxylation is 1. The Balaban J connectivity index is 1.75. The Labute approximate surface area is 153 Å². The maximum absolute atomic E-state index is 11.9. The zero-order valence-corrected chi connectivity index (χ0v) is 16.0. The highest BCUT2D eigenvalue weighted by Gasteiger charge is 2.32. The Kier molecular flexibility index (Phi) is 5.69. The number of carbonyl (C=O) groups is 2. The van der Waals surface area contributed by atoms with Gasteiger partial charge < -0.3 is 14.5 Å². The number of ether oxygens (including phenoxy) is 1. The molecule has 2 fully saturated rings.